The topological polar surface area (TPSA) is 55.4 Å². The fourth-order valence-corrected chi connectivity index (χ4v) is 0.943. The van der Waals surface area contributed by atoms with Crippen molar-refractivity contribution in [3.8, 4) is 0 Å². The summed E-state index contributed by atoms with van der Waals surface area (Å²) < 4.78 is 10.3. The Bertz CT molecular complexity index is 130. The summed E-state index contributed by atoms with van der Waals surface area (Å²) in [7, 11) is 0. The van der Waals surface area contributed by atoms with E-state index in [-0.39, 0.29) is 0 Å². The summed E-state index contributed by atoms with van der Waals surface area (Å²) >= 11 is 0. The molecule has 4 atom stereocenters. The molecular formula is C8H16O6. The molecule has 0 aliphatic carbocycles. The van der Waals surface area contributed by atoms with Gasteiger partial charge in [0.25, 0.3) is 0 Å². The average Bonchev–Trinajstić information content (AvgIpc) is 2.11. The van der Waals surface area contributed by atoms with Gasteiger partial charge in [-0.25, -0.2) is 19.6 Å². The van der Waals surface area contributed by atoms with Gasteiger partial charge in [0.2, 0.25) is 0 Å². The smallest absolute Gasteiger partial charge is 0.191 e. The second-order valence-corrected chi connectivity index (χ2v) is 2.93. The van der Waals surface area contributed by atoms with Crippen LogP contribution in [0.15, 0.2) is 0 Å². The SMILES string of the molecule is CC1OOC(C)OC(C)OOC(C)O1. The molecule has 0 bridgehead atoms. The molecule has 1 rings (SSSR count). The number of hydrogen-bond acceptors (Lipinski definition) is 6. The van der Waals surface area contributed by atoms with Crippen LogP contribution in [0.5, 0.6) is 0 Å². The Morgan fingerprint density at radius 1 is 0.500 bits per heavy atom. The molecule has 0 amide bonds. The summed E-state index contributed by atoms with van der Waals surface area (Å²) in [5, 5.41) is 0. The molecule has 1 fully saturated rings. The lowest BCUT2D eigenvalue weighted by molar-refractivity contribution is -0.514. The molecule has 6 heteroatoms. The van der Waals surface area contributed by atoms with E-state index in [0.717, 1.165) is 0 Å². The first kappa shape index (κ1) is 11.8. The lowest BCUT2D eigenvalue weighted by Crippen LogP contribution is -2.31. The van der Waals surface area contributed by atoms with Gasteiger partial charge in [0, 0.05) is 0 Å². The van der Waals surface area contributed by atoms with Gasteiger partial charge in [-0.05, 0) is 27.7 Å². The van der Waals surface area contributed by atoms with Crippen LogP contribution >= 0.6 is 0 Å². The standard InChI is InChI=1S/C8H16O6/c1-5-9-6(2)13-14-8(4)10-7(3)12-11-5/h5-8H,1-4H3. The predicted molar refractivity (Wildman–Crippen MR) is 44.4 cm³/mol. The van der Waals surface area contributed by atoms with Gasteiger partial charge in [0.15, 0.2) is 25.2 Å². The maximum atomic E-state index is 5.17. The molecule has 1 aliphatic heterocycles. The van der Waals surface area contributed by atoms with Gasteiger partial charge < -0.3 is 9.47 Å². The van der Waals surface area contributed by atoms with Gasteiger partial charge in [-0.1, -0.05) is 0 Å². The Labute approximate surface area is 82.8 Å². The molecule has 0 N–H and O–H groups in total. The quantitative estimate of drug-likeness (QED) is 0.559. The first-order valence-electron chi connectivity index (χ1n) is 4.53. The van der Waals surface area contributed by atoms with Gasteiger partial charge in [-0.3, -0.25) is 0 Å². The van der Waals surface area contributed by atoms with Crippen molar-refractivity contribution in [1.29, 1.82) is 0 Å². The molecule has 1 saturated heterocycles. The van der Waals surface area contributed by atoms with Crippen LogP contribution in [-0.4, -0.2) is 25.2 Å². The fourth-order valence-electron chi connectivity index (χ4n) is 0.943. The zero-order valence-electron chi connectivity index (χ0n) is 8.76. The molecule has 0 aromatic heterocycles. The first-order chi connectivity index (χ1) is 6.58. The van der Waals surface area contributed by atoms with Crippen molar-refractivity contribution in [3.05, 3.63) is 0 Å². The largest absolute Gasteiger partial charge is 0.318 e. The summed E-state index contributed by atoms with van der Waals surface area (Å²) in [5.74, 6) is 0. The molecule has 0 aromatic rings. The molecular weight excluding hydrogens is 192 g/mol. The average molecular weight is 208 g/mol. The molecule has 1 heterocycles. The molecule has 84 valence electrons. The van der Waals surface area contributed by atoms with Crippen LogP contribution in [0.3, 0.4) is 0 Å². The van der Waals surface area contributed by atoms with Crippen LogP contribution in [0, 0.1) is 0 Å². The third kappa shape index (κ3) is 4.32. The molecule has 0 saturated carbocycles. The monoisotopic (exact) mass is 208 g/mol. The van der Waals surface area contributed by atoms with Gasteiger partial charge in [-0.15, -0.1) is 0 Å². The molecule has 4 unspecified atom stereocenters. The number of ether oxygens (including phenoxy) is 2. The normalized spacial score (nSPS) is 42.0. The summed E-state index contributed by atoms with van der Waals surface area (Å²) in [6.45, 7) is 6.71. The summed E-state index contributed by atoms with van der Waals surface area (Å²) in [6, 6.07) is 0. The number of rotatable bonds is 0. The van der Waals surface area contributed by atoms with Gasteiger partial charge in [0.05, 0.1) is 0 Å². The van der Waals surface area contributed by atoms with Gasteiger partial charge in [0.1, 0.15) is 0 Å². The van der Waals surface area contributed by atoms with E-state index >= 15 is 0 Å². The van der Waals surface area contributed by atoms with E-state index in [4.69, 9.17) is 29.0 Å². The third-order valence-electron chi connectivity index (χ3n) is 1.42. The summed E-state index contributed by atoms with van der Waals surface area (Å²) in [4.78, 5) is 19.5. The minimum Gasteiger partial charge on any atom is -0.318 e. The zero-order valence-corrected chi connectivity index (χ0v) is 8.76. The van der Waals surface area contributed by atoms with Crippen molar-refractivity contribution in [3.63, 3.8) is 0 Å². The minimum atomic E-state index is -0.548. The Morgan fingerprint density at radius 3 is 0.929 bits per heavy atom. The van der Waals surface area contributed by atoms with E-state index in [2.05, 4.69) is 0 Å². The van der Waals surface area contributed by atoms with E-state index in [1.165, 1.54) is 0 Å². The van der Waals surface area contributed by atoms with Crippen LogP contribution < -0.4 is 0 Å². The maximum Gasteiger partial charge on any atom is 0.191 e. The second kappa shape index (κ2) is 5.59. The Hall–Kier alpha value is -0.240. The van der Waals surface area contributed by atoms with Crippen LogP contribution in [0.1, 0.15) is 27.7 Å². The maximum absolute atomic E-state index is 5.17. The lowest BCUT2D eigenvalue weighted by atomic mass is 10.7. The van der Waals surface area contributed by atoms with E-state index in [0.29, 0.717) is 0 Å². The van der Waals surface area contributed by atoms with E-state index in [1.807, 2.05) is 0 Å². The molecule has 0 spiro atoms. The van der Waals surface area contributed by atoms with Gasteiger partial charge >= 0.3 is 0 Å². The Morgan fingerprint density at radius 2 is 0.714 bits per heavy atom. The fraction of sp³-hybridized carbons (Fsp3) is 1.00. The predicted octanol–water partition coefficient (Wildman–Crippen LogP) is 1.31. The summed E-state index contributed by atoms with van der Waals surface area (Å²) in [5.41, 5.74) is 0. The zero-order chi connectivity index (χ0) is 10.6. The van der Waals surface area contributed by atoms with Crippen molar-refractivity contribution in [2.45, 2.75) is 52.9 Å². The Balaban J connectivity index is 2.42. The van der Waals surface area contributed by atoms with Gasteiger partial charge in [-0.2, -0.15) is 0 Å². The van der Waals surface area contributed by atoms with Crippen LogP contribution in [0.2, 0.25) is 0 Å². The highest BCUT2D eigenvalue weighted by Crippen LogP contribution is 2.10. The number of hydrogen-bond donors (Lipinski definition) is 0. The molecule has 0 radical (unpaired) electrons. The van der Waals surface area contributed by atoms with Crippen LogP contribution in [-0.2, 0) is 29.0 Å². The van der Waals surface area contributed by atoms with Crippen molar-refractivity contribution in [2.75, 3.05) is 0 Å². The van der Waals surface area contributed by atoms with Crippen molar-refractivity contribution >= 4 is 0 Å². The van der Waals surface area contributed by atoms with Crippen molar-refractivity contribution < 1.29 is 29.0 Å². The van der Waals surface area contributed by atoms with E-state index in [1.54, 1.807) is 27.7 Å². The highest BCUT2D eigenvalue weighted by Gasteiger charge is 2.19. The van der Waals surface area contributed by atoms with Crippen LogP contribution in [0.4, 0.5) is 0 Å². The van der Waals surface area contributed by atoms with Crippen molar-refractivity contribution in [2.24, 2.45) is 0 Å². The highest BCUT2D eigenvalue weighted by atomic mass is 17.3. The molecule has 1 aliphatic rings. The highest BCUT2D eigenvalue weighted by molar-refractivity contribution is 4.35. The first-order valence-corrected chi connectivity index (χ1v) is 4.53. The molecule has 6 nitrogen and oxygen atoms in total. The third-order valence-corrected chi connectivity index (χ3v) is 1.42. The minimum absolute atomic E-state index is 0.548. The van der Waals surface area contributed by atoms with E-state index < -0.39 is 25.2 Å². The Kier molecular flexibility index (Phi) is 4.73. The van der Waals surface area contributed by atoms with E-state index in [9.17, 15) is 0 Å². The second-order valence-electron chi connectivity index (χ2n) is 2.93. The molecule has 0 aromatic carbocycles. The summed E-state index contributed by atoms with van der Waals surface area (Å²) in [6.07, 6.45) is -2.19. The molecule has 14 heavy (non-hydrogen) atoms. The van der Waals surface area contributed by atoms with Crippen LogP contribution in [0.25, 0.3) is 0 Å². The lowest BCUT2D eigenvalue weighted by Gasteiger charge is -2.25. The van der Waals surface area contributed by atoms with Crippen molar-refractivity contribution in [1.82, 2.24) is 0 Å².